The summed E-state index contributed by atoms with van der Waals surface area (Å²) < 4.78 is 0. The summed E-state index contributed by atoms with van der Waals surface area (Å²) in [5.74, 6) is 0.981. The Morgan fingerprint density at radius 1 is 1.40 bits per heavy atom. The first-order valence-corrected chi connectivity index (χ1v) is 5.42. The molecule has 0 unspecified atom stereocenters. The lowest BCUT2D eigenvalue weighted by molar-refractivity contribution is 0.477. The Bertz CT molecular complexity index is 310. The van der Waals surface area contributed by atoms with Gasteiger partial charge in [-0.3, -0.25) is 0 Å². The van der Waals surface area contributed by atoms with E-state index in [4.69, 9.17) is 5.73 Å². The number of nitrogens with one attached hydrogen (secondary N) is 1. The van der Waals surface area contributed by atoms with Gasteiger partial charge in [0.1, 0.15) is 5.75 Å². The largest absolute Gasteiger partial charge is 0.506 e. The molecule has 0 saturated carbocycles. The second-order valence-electron chi connectivity index (χ2n) is 4.24. The zero-order valence-corrected chi connectivity index (χ0v) is 9.46. The zero-order valence-electron chi connectivity index (χ0n) is 9.46. The third-order valence-corrected chi connectivity index (χ3v) is 2.29. The van der Waals surface area contributed by atoms with E-state index in [0.29, 0.717) is 5.69 Å². The third-order valence-electron chi connectivity index (χ3n) is 2.29. The number of anilines is 2. The van der Waals surface area contributed by atoms with Crippen LogP contribution in [0.3, 0.4) is 0 Å². The van der Waals surface area contributed by atoms with Crippen molar-refractivity contribution in [2.75, 3.05) is 17.6 Å². The van der Waals surface area contributed by atoms with Gasteiger partial charge in [0.25, 0.3) is 0 Å². The number of hydrogen-bond acceptors (Lipinski definition) is 3. The molecule has 0 bridgehead atoms. The topological polar surface area (TPSA) is 58.3 Å². The highest BCUT2D eigenvalue weighted by molar-refractivity contribution is 5.62. The Hall–Kier alpha value is -1.38. The molecule has 84 valence electrons. The first-order chi connectivity index (χ1) is 7.09. The van der Waals surface area contributed by atoms with Crippen molar-refractivity contribution in [1.29, 1.82) is 0 Å². The maximum absolute atomic E-state index is 9.53. The van der Waals surface area contributed by atoms with Gasteiger partial charge in [-0.05, 0) is 37.0 Å². The van der Waals surface area contributed by atoms with Crippen molar-refractivity contribution in [1.82, 2.24) is 0 Å². The summed E-state index contributed by atoms with van der Waals surface area (Å²) in [5, 5.41) is 12.7. The molecule has 1 aromatic carbocycles. The molecular weight excluding hydrogens is 188 g/mol. The van der Waals surface area contributed by atoms with Gasteiger partial charge in [0.15, 0.2) is 0 Å². The summed E-state index contributed by atoms with van der Waals surface area (Å²) in [6, 6.07) is 5.06. The fourth-order valence-corrected chi connectivity index (χ4v) is 1.43. The molecule has 4 N–H and O–H groups in total. The molecule has 0 amide bonds. The van der Waals surface area contributed by atoms with Crippen molar-refractivity contribution in [3.8, 4) is 5.75 Å². The van der Waals surface area contributed by atoms with E-state index < -0.39 is 0 Å². The van der Waals surface area contributed by atoms with Crippen LogP contribution in [0.4, 0.5) is 11.4 Å². The molecule has 0 aliphatic heterocycles. The highest BCUT2D eigenvalue weighted by atomic mass is 16.3. The predicted octanol–water partition coefficient (Wildman–Crippen LogP) is 2.82. The molecule has 0 radical (unpaired) electrons. The number of aromatic hydroxyl groups is 1. The Morgan fingerprint density at radius 3 is 2.80 bits per heavy atom. The van der Waals surface area contributed by atoms with E-state index >= 15 is 0 Å². The summed E-state index contributed by atoms with van der Waals surface area (Å²) in [4.78, 5) is 0. The van der Waals surface area contributed by atoms with Gasteiger partial charge >= 0.3 is 0 Å². The molecule has 0 aliphatic carbocycles. The molecule has 0 fully saturated rings. The Labute approximate surface area is 91.3 Å². The van der Waals surface area contributed by atoms with Crippen LogP contribution in [0.25, 0.3) is 0 Å². The summed E-state index contributed by atoms with van der Waals surface area (Å²) in [7, 11) is 0. The Morgan fingerprint density at radius 2 is 2.13 bits per heavy atom. The maximum atomic E-state index is 9.53. The van der Waals surface area contributed by atoms with Gasteiger partial charge < -0.3 is 16.2 Å². The molecule has 0 aliphatic rings. The zero-order chi connectivity index (χ0) is 11.3. The van der Waals surface area contributed by atoms with E-state index in [1.807, 2.05) is 0 Å². The average molecular weight is 208 g/mol. The van der Waals surface area contributed by atoms with Gasteiger partial charge in [0.2, 0.25) is 0 Å². The third kappa shape index (κ3) is 4.11. The number of nitrogens with two attached hydrogens (primary N) is 1. The van der Waals surface area contributed by atoms with Gasteiger partial charge in [0.05, 0.1) is 5.69 Å². The molecule has 1 rings (SSSR count). The van der Waals surface area contributed by atoms with E-state index in [1.54, 1.807) is 18.2 Å². The van der Waals surface area contributed by atoms with Gasteiger partial charge in [0, 0.05) is 12.2 Å². The molecule has 0 aromatic heterocycles. The molecule has 3 nitrogen and oxygen atoms in total. The Balaban J connectivity index is 2.40. The number of benzene rings is 1. The summed E-state index contributed by atoms with van der Waals surface area (Å²) in [5.41, 5.74) is 7.02. The molecule has 3 heteroatoms. The standard InChI is InChI=1S/C12H20N2O/c1-9(2)4-3-7-14-11-8-10(13)5-6-12(11)15/h5-6,8-9,14-15H,3-4,7,13H2,1-2H3. The lowest BCUT2D eigenvalue weighted by Crippen LogP contribution is -2.03. The number of phenolic OH excluding ortho intramolecular Hbond substituents is 1. The summed E-state index contributed by atoms with van der Waals surface area (Å²) in [6.07, 6.45) is 2.29. The number of hydrogen-bond donors (Lipinski definition) is 3. The molecule has 0 heterocycles. The lowest BCUT2D eigenvalue weighted by Gasteiger charge is -2.09. The van der Waals surface area contributed by atoms with Gasteiger partial charge in [-0.2, -0.15) is 0 Å². The first kappa shape index (κ1) is 11.7. The summed E-state index contributed by atoms with van der Waals surface area (Å²) in [6.45, 7) is 5.28. The normalized spacial score (nSPS) is 10.6. The molecule has 0 saturated heterocycles. The minimum Gasteiger partial charge on any atom is -0.506 e. The SMILES string of the molecule is CC(C)CCCNc1cc(N)ccc1O. The highest BCUT2D eigenvalue weighted by Crippen LogP contribution is 2.25. The molecule has 1 aromatic rings. The van der Waals surface area contributed by atoms with Crippen LogP contribution >= 0.6 is 0 Å². The van der Waals surface area contributed by atoms with E-state index in [2.05, 4.69) is 19.2 Å². The fraction of sp³-hybridized carbons (Fsp3) is 0.500. The van der Waals surface area contributed by atoms with Crippen LogP contribution in [-0.4, -0.2) is 11.7 Å². The van der Waals surface area contributed by atoms with Crippen LogP contribution in [0, 0.1) is 5.92 Å². The Kier molecular flexibility index (Phi) is 4.28. The fourth-order valence-electron chi connectivity index (χ4n) is 1.43. The molecular formula is C12H20N2O. The minimum atomic E-state index is 0.258. The van der Waals surface area contributed by atoms with E-state index in [1.165, 1.54) is 6.42 Å². The first-order valence-electron chi connectivity index (χ1n) is 5.42. The lowest BCUT2D eigenvalue weighted by atomic mass is 10.1. The maximum Gasteiger partial charge on any atom is 0.138 e. The van der Waals surface area contributed by atoms with Crippen molar-refractivity contribution in [3.05, 3.63) is 18.2 Å². The number of phenols is 1. The molecule has 15 heavy (non-hydrogen) atoms. The van der Waals surface area contributed by atoms with Crippen molar-refractivity contribution in [2.24, 2.45) is 5.92 Å². The van der Waals surface area contributed by atoms with E-state index in [0.717, 1.165) is 24.6 Å². The van der Waals surface area contributed by atoms with Crippen LogP contribution in [0.5, 0.6) is 5.75 Å². The number of rotatable bonds is 5. The van der Waals surface area contributed by atoms with Crippen LogP contribution in [0.2, 0.25) is 0 Å². The number of nitrogen functional groups attached to an aromatic ring is 1. The van der Waals surface area contributed by atoms with Gasteiger partial charge in [-0.25, -0.2) is 0 Å². The van der Waals surface area contributed by atoms with Gasteiger partial charge in [-0.15, -0.1) is 0 Å². The van der Waals surface area contributed by atoms with Crippen LogP contribution in [0.15, 0.2) is 18.2 Å². The van der Waals surface area contributed by atoms with Crippen molar-refractivity contribution >= 4 is 11.4 Å². The van der Waals surface area contributed by atoms with Crippen molar-refractivity contribution in [3.63, 3.8) is 0 Å². The second-order valence-corrected chi connectivity index (χ2v) is 4.24. The highest BCUT2D eigenvalue weighted by Gasteiger charge is 2.00. The molecule has 0 atom stereocenters. The van der Waals surface area contributed by atoms with Crippen LogP contribution in [0.1, 0.15) is 26.7 Å². The van der Waals surface area contributed by atoms with E-state index in [-0.39, 0.29) is 5.75 Å². The van der Waals surface area contributed by atoms with Gasteiger partial charge in [-0.1, -0.05) is 13.8 Å². The average Bonchev–Trinajstić information content (AvgIpc) is 2.17. The van der Waals surface area contributed by atoms with Crippen LogP contribution in [-0.2, 0) is 0 Å². The predicted molar refractivity (Wildman–Crippen MR) is 65.1 cm³/mol. The minimum absolute atomic E-state index is 0.258. The quantitative estimate of drug-likeness (QED) is 0.302. The second kappa shape index (κ2) is 5.49. The molecule has 0 spiro atoms. The van der Waals surface area contributed by atoms with Crippen molar-refractivity contribution < 1.29 is 5.11 Å². The monoisotopic (exact) mass is 208 g/mol. The summed E-state index contributed by atoms with van der Waals surface area (Å²) >= 11 is 0. The van der Waals surface area contributed by atoms with Crippen molar-refractivity contribution in [2.45, 2.75) is 26.7 Å². The van der Waals surface area contributed by atoms with Crippen LogP contribution < -0.4 is 11.1 Å². The van der Waals surface area contributed by atoms with E-state index in [9.17, 15) is 5.11 Å². The smallest absolute Gasteiger partial charge is 0.138 e.